The summed E-state index contributed by atoms with van der Waals surface area (Å²) in [6, 6.07) is 67.6. The van der Waals surface area contributed by atoms with Gasteiger partial charge in [0.2, 0.25) is 0 Å². The first-order valence-corrected chi connectivity index (χ1v) is 18.8. The van der Waals surface area contributed by atoms with E-state index < -0.39 is 0 Å². The third-order valence-corrected chi connectivity index (χ3v) is 10.4. The molecule has 264 valence electrons. The second-order valence-corrected chi connectivity index (χ2v) is 14.1. The Morgan fingerprint density at radius 1 is 0.321 bits per heavy atom. The first kappa shape index (κ1) is 33.2. The molecule has 0 saturated heterocycles. The number of aryl methyl sites for hydroxylation is 1. The highest BCUT2D eigenvalue weighted by Crippen LogP contribution is 2.39. The molecule has 56 heavy (non-hydrogen) atoms. The summed E-state index contributed by atoms with van der Waals surface area (Å²) in [6.45, 7) is 2.10. The fourth-order valence-corrected chi connectivity index (χ4v) is 7.52. The Balaban J connectivity index is 1.10. The summed E-state index contributed by atoms with van der Waals surface area (Å²) in [6.07, 6.45) is 0. The summed E-state index contributed by atoms with van der Waals surface area (Å²) in [4.78, 5) is 15.4. The van der Waals surface area contributed by atoms with E-state index in [2.05, 4.69) is 183 Å². The van der Waals surface area contributed by atoms with E-state index in [9.17, 15) is 0 Å². The maximum absolute atomic E-state index is 6.59. The predicted octanol–water partition coefficient (Wildman–Crippen LogP) is 13.7. The second kappa shape index (κ2) is 14.1. The average molecular weight is 718 g/mol. The highest BCUT2D eigenvalue weighted by Gasteiger charge is 2.18. The third-order valence-electron chi connectivity index (χ3n) is 10.4. The minimum absolute atomic E-state index is 0.578. The minimum atomic E-state index is 0.578. The molecule has 0 spiro atoms. The molecule has 0 saturated carbocycles. The van der Waals surface area contributed by atoms with Gasteiger partial charge in [-0.1, -0.05) is 163 Å². The van der Waals surface area contributed by atoms with Crippen LogP contribution >= 0.6 is 0 Å². The first-order chi connectivity index (χ1) is 27.6. The van der Waals surface area contributed by atoms with Crippen molar-refractivity contribution in [3.8, 4) is 78.7 Å². The number of hydrogen-bond donors (Lipinski definition) is 0. The van der Waals surface area contributed by atoms with Crippen LogP contribution in [0.2, 0.25) is 0 Å². The molecule has 4 nitrogen and oxygen atoms in total. The van der Waals surface area contributed by atoms with Crippen LogP contribution in [0.4, 0.5) is 0 Å². The van der Waals surface area contributed by atoms with E-state index in [-0.39, 0.29) is 0 Å². The van der Waals surface area contributed by atoms with Crippen LogP contribution in [0.25, 0.3) is 101 Å². The summed E-state index contributed by atoms with van der Waals surface area (Å²) in [7, 11) is 0. The van der Waals surface area contributed by atoms with Gasteiger partial charge in [-0.25, -0.2) is 15.0 Å². The van der Waals surface area contributed by atoms with Crippen molar-refractivity contribution >= 4 is 21.9 Å². The van der Waals surface area contributed by atoms with E-state index in [4.69, 9.17) is 19.4 Å². The predicted molar refractivity (Wildman–Crippen MR) is 230 cm³/mol. The summed E-state index contributed by atoms with van der Waals surface area (Å²) < 4.78 is 6.59. The van der Waals surface area contributed by atoms with Gasteiger partial charge in [0.1, 0.15) is 11.2 Å². The lowest BCUT2D eigenvalue weighted by molar-refractivity contribution is 0.669. The van der Waals surface area contributed by atoms with E-state index in [0.29, 0.717) is 17.5 Å². The fourth-order valence-electron chi connectivity index (χ4n) is 7.52. The lowest BCUT2D eigenvalue weighted by Crippen LogP contribution is -2.00. The zero-order chi connectivity index (χ0) is 37.4. The van der Waals surface area contributed by atoms with Crippen LogP contribution in [0, 0.1) is 6.92 Å². The van der Waals surface area contributed by atoms with Gasteiger partial charge in [-0.05, 0) is 87.8 Å². The normalized spacial score (nSPS) is 11.3. The summed E-state index contributed by atoms with van der Waals surface area (Å²) in [5.74, 6) is 1.79. The maximum Gasteiger partial charge on any atom is 0.164 e. The standard InChI is InChI=1S/C52H35N3O/c1-34-24-26-37(27-25-34)40-18-10-21-43(32-40)51-53-50(42-20-9-17-39(31-42)36-14-6-3-7-15-36)54-52(55-51)44-28-29-46-48(33-44)56-47-23-11-22-45(49(46)47)41-19-8-16-38(30-41)35-12-4-2-5-13-35/h2-33H,1H3. The molecule has 0 aliphatic carbocycles. The van der Waals surface area contributed by atoms with E-state index in [0.717, 1.165) is 72.0 Å². The van der Waals surface area contributed by atoms with Crippen molar-refractivity contribution < 1.29 is 4.42 Å². The minimum Gasteiger partial charge on any atom is -0.456 e. The molecule has 0 aliphatic rings. The molecule has 0 unspecified atom stereocenters. The lowest BCUT2D eigenvalue weighted by Gasteiger charge is -2.11. The molecule has 0 amide bonds. The van der Waals surface area contributed by atoms with Crippen molar-refractivity contribution in [2.45, 2.75) is 6.92 Å². The van der Waals surface area contributed by atoms with Crippen LogP contribution in [0.5, 0.6) is 0 Å². The Morgan fingerprint density at radius 2 is 0.750 bits per heavy atom. The van der Waals surface area contributed by atoms with Crippen molar-refractivity contribution in [2.75, 3.05) is 0 Å². The molecule has 4 heteroatoms. The monoisotopic (exact) mass is 717 g/mol. The number of fused-ring (bicyclic) bond motifs is 3. The van der Waals surface area contributed by atoms with Gasteiger partial charge in [-0.15, -0.1) is 0 Å². The molecule has 0 bridgehead atoms. The Kier molecular flexibility index (Phi) is 8.34. The van der Waals surface area contributed by atoms with E-state index in [1.165, 1.54) is 16.7 Å². The van der Waals surface area contributed by atoms with Crippen LogP contribution in [0.15, 0.2) is 199 Å². The van der Waals surface area contributed by atoms with E-state index in [1.807, 2.05) is 18.2 Å². The van der Waals surface area contributed by atoms with Crippen molar-refractivity contribution in [2.24, 2.45) is 0 Å². The van der Waals surface area contributed by atoms with E-state index in [1.54, 1.807) is 0 Å². The Labute approximate surface area is 325 Å². The number of benzene rings is 8. The molecule has 0 atom stereocenters. The van der Waals surface area contributed by atoms with Crippen LogP contribution in [0.1, 0.15) is 5.56 Å². The molecule has 8 aromatic carbocycles. The summed E-state index contributed by atoms with van der Waals surface area (Å²) in [5, 5.41) is 2.13. The highest BCUT2D eigenvalue weighted by molar-refractivity contribution is 6.13. The summed E-state index contributed by atoms with van der Waals surface area (Å²) >= 11 is 0. The van der Waals surface area contributed by atoms with Crippen LogP contribution < -0.4 is 0 Å². The quantitative estimate of drug-likeness (QED) is 0.165. The number of aromatic nitrogens is 3. The zero-order valence-corrected chi connectivity index (χ0v) is 30.7. The SMILES string of the molecule is Cc1ccc(-c2cccc(-c3nc(-c4cccc(-c5ccccc5)c4)nc(-c4ccc5c(c4)oc4cccc(-c6cccc(-c7ccccc7)c6)c45)n3)c2)cc1. The molecule has 0 N–H and O–H groups in total. The van der Waals surface area contributed by atoms with Crippen LogP contribution in [-0.4, -0.2) is 15.0 Å². The van der Waals surface area contributed by atoms with Crippen molar-refractivity contribution in [3.05, 3.63) is 200 Å². The number of rotatable bonds is 7. The van der Waals surface area contributed by atoms with Gasteiger partial charge in [-0.3, -0.25) is 0 Å². The average Bonchev–Trinajstić information content (AvgIpc) is 3.66. The molecule has 0 radical (unpaired) electrons. The topological polar surface area (TPSA) is 51.8 Å². The number of furan rings is 1. The smallest absolute Gasteiger partial charge is 0.164 e. The van der Waals surface area contributed by atoms with Gasteiger partial charge in [-0.2, -0.15) is 0 Å². The molecule has 0 aliphatic heterocycles. The molecule has 10 aromatic rings. The van der Waals surface area contributed by atoms with E-state index >= 15 is 0 Å². The van der Waals surface area contributed by atoms with Gasteiger partial charge in [0.15, 0.2) is 17.5 Å². The number of nitrogens with zero attached hydrogens (tertiary/aromatic N) is 3. The zero-order valence-electron chi connectivity index (χ0n) is 30.7. The molecule has 0 fully saturated rings. The van der Waals surface area contributed by atoms with Crippen LogP contribution in [0.3, 0.4) is 0 Å². The van der Waals surface area contributed by atoms with Gasteiger partial charge in [0, 0.05) is 27.5 Å². The Morgan fingerprint density at radius 3 is 1.32 bits per heavy atom. The molecule has 2 heterocycles. The van der Waals surface area contributed by atoms with Gasteiger partial charge < -0.3 is 4.42 Å². The Hall–Kier alpha value is -7.43. The lowest BCUT2D eigenvalue weighted by atomic mass is 9.96. The fraction of sp³-hybridized carbons (Fsp3) is 0.0192. The van der Waals surface area contributed by atoms with Crippen molar-refractivity contribution in [1.29, 1.82) is 0 Å². The number of hydrogen-bond acceptors (Lipinski definition) is 4. The van der Waals surface area contributed by atoms with Gasteiger partial charge in [0.05, 0.1) is 0 Å². The highest BCUT2D eigenvalue weighted by atomic mass is 16.3. The van der Waals surface area contributed by atoms with Crippen molar-refractivity contribution in [1.82, 2.24) is 15.0 Å². The molecular formula is C52H35N3O. The van der Waals surface area contributed by atoms with Crippen LogP contribution in [-0.2, 0) is 0 Å². The first-order valence-electron chi connectivity index (χ1n) is 18.8. The van der Waals surface area contributed by atoms with Gasteiger partial charge >= 0.3 is 0 Å². The van der Waals surface area contributed by atoms with Gasteiger partial charge in [0.25, 0.3) is 0 Å². The molecule has 2 aromatic heterocycles. The second-order valence-electron chi connectivity index (χ2n) is 14.1. The van der Waals surface area contributed by atoms with Crippen molar-refractivity contribution in [3.63, 3.8) is 0 Å². The Bertz CT molecular complexity index is 3020. The summed E-state index contributed by atoms with van der Waals surface area (Å²) in [5.41, 5.74) is 14.6. The third kappa shape index (κ3) is 6.33. The molecule has 10 rings (SSSR count). The maximum atomic E-state index is 6.59. The molecular weight excluding hydrogens is 683 g/mol. The largest absolute Gasteiger partial charge is 0.456 e.